The first kappa shape index (κ1) is 18.2. The molecule has 0 heterocycles. The standard InChI is InChI=1S/C21H18O7/c1-21(27)7-6-9-11(16(21)20(26)28-2)8-12-15(18(9)24)19(25)14-10(17(12)23)4-3-5-13(14)22/h3-5,8,16,22,24,27H,6-7H2,1-2H3/t16-,21+/m0/s1. The van der Waals surface area contributed by atoms with Gasteiger partial charge in [0.2, 0.25) is 5.78 Å². The zero-order valence-corrected chi connectivity index (χ0v) is 15.3. The first-order valence-corrected chi connectivity index (χ1v) is 8.79. The summed E-state index contributed by atoms with van der Waals surface area (Å²) in [6.07, 6.45) is 0.375. The van der Waals surface area contributed by atoms with Crippen molar-refractivity contribution in [2.75, 3.05) is 7.11 Å². The molecule has 144 valence electrons. The van der Waals surface area contributed by atoms with Crippen LogP contribution in [0.4, 0.5) is 0 Å². The number of carbonyl (C=O) groups excluding carboxylic acids is 3. The molecule has 7 heteroatoms. The van der Waals surface area contributed by atoms with Crippen LogP contribution in [0.1, 0.15) is 62.2 Å². The maximum atomic E-state index is 13.0. The number of esters is 1. The molecule has 0 unspecified atom stereocenters. The van der Waals surface area contributed by atoms with Gasteiger partial charge in [-0.15, -0.1) is 0 Å². The summed E-state index contributed by atoms with van der Waals surface area (Å²) in [6.45, 7) is 1.49. The molecule has 28 heavy (non-hydrogen) atoms. The summed E-state index contributed by atoms with van der Waals surface area (Å²) in [5.74, 6) is -3.75. The van der Waals surface area contributed by atoms with Gasteiger partial charge in [0.15, 0.2) is 5.78 Å². The summed E-state index contributed by atoms with van der Waals surface area (Å²) < 4.78 is 4.82. The Balaban J connectivity index is 2.01. The Hall–Kier alpha value is -3.19. The van der Waals surface area contributed by atoms with E-state index in [0.717, 1.165) is 0 Å². The number of ether oxygens (including phenoxy) is 1. The minimum Gasteiger partial charge on any atom is -0.507 e. The lowest BCUT2D eigenvalue weighted by atomic mass is 9.69. The number of phenols is 2. The molecule has 0 amide bonds. The van der Waals surface area contributed by atoms with Crippen LogP contribution >= 0.6 is 0 Å². The Morgan fingerprint density at radius 3 is 2.54 bits per heavy atom. The summed E-state index contributed by atoms with van der Waals surface area (Å²) in [7, 11) is 1.19. The fraction of sp³-hybridized carbons (Fsp3) is 0.286. The number of fused-ring (bicyclic) bond motifs is 3. The SMILES string of the molecule is COC(=O)[C@@H]1c2cc3c(c(O)c2CC[C@@]1(C)O)C(=O)c1c(O)cccc1C3=O. The highest BCUT2D eigenvalue weighted by Crippen LogP contribution is 2.47. The normalized spacial score (nSPS) is 22.9. The molecule has 0 fully saturated rings. The number of carbonyl (C=O) groups is 3. The van der Waals surface area contributed by atoms with E-state index in [1.165, 1.54) is 38.3 Å². The second kappa shape index (κ2) is 5.90. The molecule has 2 aromatic rings. The van der Waals surface area contributed by atoms with Crippen LogP contribution < -0.4 is 0 Å². The van der Waals surface area contributed by atoms with E-state index in [1.54, 1.807) is 0 Å². The van der Waals surface area contributed by atoms with Crippen molar-refractivity contribution >= 4 is 17.5 Å². The third-order valence-corrected chi connectivity index (χ3v) is 5.68. The monoisotopic (exact) mass is 382 g/mol. The van der Waals surface area contributed by atoms with Gasteiger partial charge in [-0.3, -0.25) is 14.4 Å². The Morgan fingerprint density at radius 2 is 1.86 bits per heavy atom. The van der Waals surface area contributed by atoms with Crippen LogP contribution in [0.2, 0.25) is 0 Å². The van der Waals surface area contributed by atoms with Crippen molar-refractivity contribution in [1.29, 1.82) is 0 Å². The average Bonchev–Trinajstić information content (AvgIpc) is 2.64. The molecule has 0 radical (unpaired) electrons. The summed E-state index contributed by atoms with van der Waals surface area (Å²) in [5.41, 5.74) is -1.23. The number of rotatable bonds is 1. The molecular weight excluding hydrogens is 364 g/mol. The number of benzene rings is 2. The zero-order valence-electron chi connectivity index (χ0n) is 15.3. The second-order valence-corrected chi connectivity index (χ2v) is 7.39. The molecule has 0 saturated carbocycles. The lowest BCUT2D eigenvalue weighted by Gasteiger charge is -2.38. The highest BCUT2D eigenvalue weighted by molar-refractivity contribution is 6.30. The van der Waals surface area contributed by atoms with Gasteiger partial charge in [0.1, 0.15) is 17.4 Å². The van der Waals surface area contributed by atoms with Crippen LogP contribution in [-0.2, 0) is 16.0 Å². The number of methoxy groups -OCH3 is 1. The van der Waals surface area contributed by atoms with Crippen molar-refractivity contribution in [3.8, 4) is 11.5 Å². The molecule has 0 saturated heterocycles. The van der Waals surface area contributed by atoms with Gasteiger partial charge in [-0.25, -0.2) is 0 Å². The fourth-order valence-corrected chi connectivity index (χ4v) is 4.25. The quantitative estimate of drug-likeness (QED) is 0.549. The minimum atomic E-state index is -1.43. The molecule has 0 aromatic heterocycles. The summed E-state index contributed by atoms with van der Waals surface area (Å²) in [4.78, 5) is 38.3. The van der Waals surface area contributed by atoms with E-state index < -0.39 is 34.8 Å². The largest absolute Gasteiger partial charge is 0.507 e. The van der Waals surface area contributed by atoms with Gasteiger partial charge in [-0.05, 0) is 43.0 Å². The van der Waals surface area contributed by atoms with Crippen LogP contribution in [-0.4, -0.2) is 45.6 Å². The number of phenolic OH excluding ortho intramolecular Hbond substituents is 2. The highest BCUT2D eigenvalue weighted by Gasteiger charge is 2.46. The number of hydrogen-bond acceptors (Lipinski definition) is 7. The van der Waals surface area contributed by atoms with Gasteiger partial charge >= 0.3 is 5.97 Å². The van der Waals surface area contributed by atoms with Gasteiger partial charge < -0.3 is 20.1 Å². The summed E-state index contributed by atoms with van der Waals surface area (Å²) >= 11 is 0. The molecule has 4 rings (SSSR count). The Morgan fingerprint density at radius 1 is 1.14 bits per heavy atom. The molecule has 0 spiro atoms. The van der Waals surface area contributed by atoms with E-state index in [9.17, 15) is 29.7 Å². The van der Waals surface area contributed by atoms with Crippen LogP contribution in [0.25, 0.3) is 0 Å². The second-order valence-electron chi connectivity index (χ2n) is 7.39. The lowest BCUT2D eigenvalue weighted by molar-refractivity contribution is -0.149. The van der Waals surface area contributed by atoms with Gasteiger partial charge in [0, 0.05) is 11.1 Å². The predicted octanol–water partition coefficient (Wildman–Crippen LogP) is 1.83. The predicted molar refractivity (Wildman–Crippen MR) is 96.8 cm³/mol. The minimum absolute atomic E-state index is 0.0223. The van der Waals surface area contributed by atoms with Crippen molar-refractivity contribution in [2.24, 2.45) is 0 Å². The van der Waals surface area contributed by atoms with E-state index in [0.29, 0.717) is 5.56 Å². The summed E-state index contributed by atoms with van der Waals surface area (Å²) in [6, 6.07) is 5.55. The van der Waals surface area contributed by atoms with E-state index in [1.807, 2.05) is 0 Å². The average molecular weight is 382 g/mol. The van der Waals surface area contributed by atoms with Crippen molar-refractivity contribution in [3.63, 3.8) is 0 Å². The molecule has 2 aromatic carbocycles. The number of hydrogen-bond donors (Lipinski definition) is 3. The zero-order chi connectivity index (χ0) is 20.4. The van der Waals surface area contributed by atoms with Gasteiger partial charge in [0.25, 0.3) is 0 Å². The van der Waals surface area contributed by atoms with Gasteiger partial charge in [0.05, 0.1) is 23.8 Å². The number of aliphatic hydroxyl groups is 1. The number of aromatic hydroxyl groups is 2. The van der Waals surface area contributed by atoms with Crippen molar-refractivity contribution in [2.45, 2.75) is 31.3 Å². The Bertz CT molecular complexity index is 1060. The lowest BCUT2D eigenvalue weighted by Crippen LogP contribution is -2.42. The molecule has 3 N–H and O–H groups in total. The third-order valence-electron chi connectivity index (χ3n) is 5.68. The topological polar surface area (TPSA) is 121 Å². The van der Waals surface area contributed by atoms with Crippen LogP contribution in [0.15, 0.2) is 24.3 Å². The number of ketones is 2. The van der Waals surface area contributed by atoms with Crippen LogP contribution in [0, 0.1) is 0 Å². The Labute approximate surface area is 160 Å². The molecule has 0 aliphatic heterocycles. The Kier molecular flexibility index (Phi) is 3.83. The highest BCUT2D eigenvalue weighted by atomic mass is 16.5. The van der Waals surface area contributed by atoms with Crippen molar-refractivity contribution in [1.82, 2.24) is 0 Å². The van der Waals surface area contributed by atoms with Crippen molar-refractivity contribution < 1.29 is 34.4 Å². The molecule has 2 atom stereocenters. The van der Waals surface area contributed by atoms with E-state index in [2.05, 4.69) is 0 Å². The van der Waals surface area contributed by atoms with E-state index in [4.69, 9.17) is 4.74 Å². The molecule has 0 bridgehead atoms. The fourth-order valence-electron chi connectivity index (χ4n) is 4.25. The molecule has 7 nitrogen and oxygen atoms in total. The van der Waals surface area contributed by atoms with Gasteiger partial charge in [-0.2, -0.15) is 0 Å². The van der Waals surface area contributed by atoms with Crippen molar-refractivity contribution in [3.05, 3.63) is 57.6 Å². The summed E-state index contributed by atoms with van der Waals surface area (Å²) in [5, 5.41) is 31.6. The molecule has 2 aliphatic carbocycles. The van der Waals surface area contributed by atoms with E-state index in [-0.39, 0.29) is 46.4 Å². The maximum Gasteiger partial charge on any atom is 0.316 e. The first-order chi connectivity index (χ1) is 13.2. The maximum absolute atomic E-state index is 13.0. The molecular formula is C21H18O7. The molecule has 2 aliphatic rings. The van der Waals surface area contributed by atoms with E-state index >= 15 is 0 Å². The van der Waals surface area contributed by atoms with Crippen LogP contribution in [0.5, 0.6) is 11.5 Å². The first-order valence-electron chi connectivity index (χ1n) is 8.79. The smallest absolute Gasteiger partial charge is 0.316 e. The van der Waals surface area contributed by atoms with Crippen LogP contribution in [0.3, 0.4) is 0 Å². The van der Waals surface area contributed by atoms with Gasteiger partial charge in [-0.1, -0.05) is 12.1 Å². The third kappa shape index (κ3) is 2.29.